The molecule has 86 valence electrons. The van der Waals surface area contributed by atoms with Crippen LogP contribution in [0.15, 0.2) is 60.0 Å². The summed E-state index contributed by atoms with van der Waals surface area (Å²) in [5, 5.41) is 0.702. The zero-order chi connectivity index (χ0) is 12.3. The number of pyridine rings is 1. The fourth-order valence-electron chi connectivity index (χ4n) is 1.63. The van der Waals surface area contributed by atoms with Crippen LogP contribution in [0.2, 0.25) is 5.02 Å². The Morgan fingerprint density at radius 2 is 1.76 bits per heavy atom. The third-order valence-electron chi connectivity index (χ3n) is 2.49. The Morgan fingerprint density at radius 1 is 1.12 bits per heavy atom. The maximum Gasteiger partial charge on any atom is 0.250 e. The molecule has 2 nitrogen and oxygen atoms in total. The molecule has 0 aliphatic carbocycles. The second kappa shape index (κ2) is 5.02. The molecule has 0 bridgehead atoms. The first-order chi connectivity index (χ1) is 8.20. The number of allylic oxidation sites excluding steroid dienone is 1. The lowest BCUT2D eigenvalue weighted by Crippen LogP contribution is -2.17. The van der Waals surface area contributed by atoms with E-state index in [9.17, 15) is 4.79 Å². The van der Waals surface area contributed by atoms with E-state index in [0.29, 0.717) is 11.6 Å². The van der Waals surface area contributed by atoms with Gasteiger partial charge < -0.3 is 4.57 Å². The molecule has 1 aromatic carbocycles. The van der Waals surface area contributed by atoms with Crippen LogP contribution in [0.4, 0.5) is 0 Å². The van der Waals surface area contributed by atoms with Crippen LogP contribution in [0, 0.1) is 0 Å². The first-order valence-electron chi connectivity index (χ1n) is 5.28. The fourth-order valence-corrected chi connectivity index (χ4v) is 1.75. The van der Waals surface area contributed by atoms with E-state index in [1.165, 1.54) is 0 Å². The van der Waals surface area contributed by atoms with Crippen molar-refractivity contribution in [3.8, 4) is 11.1 Å². The third-order valence-corrected chi connectivity index (χ3v) is 2.74. The van der Waals surface area contributed by atoms with Crippen molar-refractivity contribution < 1.29 is 0 Å². The summed E-state index contributed by atoms with van der Waals surface area (Å²) in [5.41, 5.74) is 2.00. The molecule has 2 rings (SSSR count). The van der Waals surface area contributed by atoms with E-state index in [4.69, 9.17) is 11.6 Å². The summed E-state index contributed by atoms with van der Waals surface area (Å²) in [7, 11) is 0. The van der Waals surface area contributed by atoms with Gasteiger partial charge in [-0.05, 0) is 29.3 Å². The summed E-state index contributed by atoms with van der Waals surface area (Å²) in [5.74, 6) is 0. The Labute approximate surface area is 105 Å². The van der Waals surface area contributed by atoms with Gasteiger partial charge in [-0.1, -0.05) is 29.8 Å². The van der Waals surface area contributed by atoms with Crippen molar-refractivity contribution in [3.05, 3.63) is 70.6 Å². The number of benzene rings is 1. The van der Waals surface area contributed by atoms with Crippen molar-refractivity contribution in [2.45, 2.75) is 6.54 Å². The lowest BCUT2D eigenvalue weighted by atomic mass is 10.1. The maximum atomic E-state index is 11.5. The quantitative estimate of drug-likeness (QED) is 0.760. The summed E-state index contributed by atoms with van der Waals surface area (Å²) in [4.78, 5) is 11.5. The average molecular weight is 246 g/mol. The lowest BCUT2D eigenvalue weighted by molar-refractivity contribution is 0.782. The third kappa shape index (κ3) is 2.66. The number of hydrogen-bond acceptors (Lipinski definition) is 1. The highest BCUT2D eigenvalue weighted by molar-refractivity contribution is 6.30. The van der Waals surface area contributed by atoms with Gasteiger partial charge in [0.05, 0.1) is 0 Å². The monoisotopic (exact) mass is 245 g/mol. The van der Waals surface area contributed by atoms with Gasteiger partial charge >= 0.3 is 0 Å². The topological polar surface area (TPSA) is 22.0 Å². The van der Waals surface area contributed by atoms with Crippen LogP contribution in [0.5, 0.6) is 0 Å². The molecule has 1 heterocycles. The second-order valence-electron chi connectivity index (χ2n) is 3.70. The summed E-state index contributed by atoms with van der Waals surface area (Å²) >= 11 is 5.84. The van der Waals surface area contributed by atoms with Crippen LogP contribution in [0.1, 0.15) is 0 Å². The Hall–Kier alpha value is -1.80. The van der Waals surface area contributed by atoms with E-state index in [0.717, 1.165) is 11.1 Å². The molecule has 0 saturated carbocycles. The van der Waals surface area contributed by atoms with Gasteiger partial charge in [0.1, 0.15) is 0 Å². The van der Waals surface area contributed by atoms with Gasteiger partial charge in [-0.25, -0.2) is 0 Å². The van der Waals surface area contributed by atoms with Crippen LogP contribution in [-0.2, 0) is 6.54 Å². The molecular weight excluding hydrogens is 234 g/mol. The standard InChI is InChI=1S/C14H12ClNO/c1-2-9-16-10-12(5-8-14(16)17)11-3-6-13(15)7-4-11/h2-8,10H,1,9H2. The summed E-state index contributed by atoms with van der Waals surface area (Å²) in [6.45, 7) is 4.15. The molecular formula is C14H12ClNO. The Bertz CT molecular complexity index is 584. The molecule has 0 aliphatic heterocycles. The minimum absolute atomic E-state index is 0.0254. The van der Waals surface area contributed by atoms with Crippen LogP contribution >= 0.6 is 11.6 Å². The number of nitrogens with zero attached hydrogens (tertiary/aromatic N) is 1. The van der Waals surface area contributed by atoms with Crippen LogP contribution < -0.4 is 5.56 Å². The minimum Gasteiger partial charge on any atom is -0.311 e. The van der Waals surface area contributed by atoms with E-state index in [2.05, 4.69) is 6.58 Å². The van der Waals surface area contributed by atoms with E-state index in [1.54, 1.807) is 16.7 Å². The average Bonchev–Trinajstić information content (AvgIpc) is 2.33. The predicted octanol–water partition coefficient (Wildman–Crippen LogP) is 3.35. The summed E-state index contributed by atoms with van der Waals surface area (Å²) < 4.78 is 1.62. The Morgan fingerprint density at radius 3 is 2.41 bits per heavy atom. The Kier molecular flexibility index (Phi) is 3.45. The molecule has 1 aromatic heterocycles. The molecule has 0 atom stereocenters. The highest BCUT2D eigenvalue weighted by Crippen LogP contribution is 2.20. The zero-order valence-corrected chi connectivity index (χ0v) is 10.0. The molecule has 0 radical (unpaired) electrons. The molecule has 0 spiro atoms. The van der Waals surface area contributed by atoms with E-state index in [1.807, 2.05) is 36.5 Å². The SMILES string of the molecule is C=CCn1cc(-c2ccc(Cl)cc2)ccc1=O. The van der Waals surface area contributed by atoms with E-state index >= 15 is 0 Å². The van der Waals surface area contributed by atoms with Gasteiger partial charge in [-0.15, -0.1) is 6.58 Å². The van der Waals surface area contributed by atoms with Gasteiger partial charge in [0, 0.05) is 23.8 Å². The van der Waals surface area contributed by atoms with Crippen molar-refractivity contribution in [3.63, 3.8) is 0 Å². The van der Waals surface area contributed by atoms with Crippen LogP contribution in [0.3, 0.4) is 0 Å². The lowest BCUT2D eigenvalue weighted by Gasteiger charge is -2.06. The number of halogens is 1. The molecule has 0 amide bonds. The molecule has 0 N–H and O–H groups in total. The van der Waals surface area contributed by atoms with Gasteiger partial charge in [-0.3, -0.25) is 4.79 Å². The van der Waals surface area contributed by atoms with Crippen molar-refractivity contribution in [1.29, 1.82) is 0 Å². The normalized spacial score (nSPS) is 10.2. The largest absolute Gasteiger partial charge is 0.311 e. The van der Waals surface area contributed by atoms with Crippen LogP contribution in [-0.4, -0.2) is 4.57 Å². The van der Waals surface area contributed by atoms with E-state index < -0.39 is 0 Å². The Balaban J connectivity index is 2.45. The van der Waals surface area contributed by atoms with Crippen molar-refractivity contribution >= 4 is 11.6 Å². The fraction of sp³-hybridized carbons (Fsp3) is 0.0714. The molecule has 0 unspecified atom stereocenters. The van der Waals surface area contributed by atoms with Crippen molar-refractivity contribution in [2.24, 2.45) is 0 Å². The van der Waals surface area contributed by atoms with E-state index in [-0.39, 0.29) is 5.56 Å². The first-order valence-corrected chi connectivity index (χ1v) is 5.66. The van der Waals surface area contributed by atoms with Crippen LogP contribution in [0.25, 0.3) is 11.1 Å². The summed E-state index contributed by atoms with van der Waals surface area (Å²) in [6, 6.07) is 10.9. The minimum atomic E-state index is -0.0254. The number of aromatic nitrogens is 1. The smallest absolute Gasteiger partial charge is 0.250 e. The van der Waals surface area contributed by atoms with Gasteiger partial charge in [0.2, 0.25) is 0 Å². The van der Waals surface area contributed by atoms with Gasteiger partial charge in [0.25, 0.3) is 5.56 Å². The maximum absolute atomic E-state index is 11.5. The number of hydrogen-bond donors (Lipinski definition) is 0. The summed E-state index contributed by atoms with van der Waals surface area (Å²) in [6.07, 6.45) is 3.53. The molecule has 2 aromatic rings. The highest BCUT2D eigenvalue weighted by atomic mass is 35.5. The second-order valence-corrected chi connectivity index (χ2v) is 4.14. The molecule has 3 heteroatoms. The van der Waals surface area contributed by atoms with Crippen molar-refractivity contribution in [2.75, 3.05) is 0 Å². The molecule has 17 heavy (non-hydrogen) atoms. The number of rotatable bonds is 3. The molecule has 0 saturated heterocycles. The first kappa shape index (κ1) is 11.7. The molecule has 0 aliphatic rings. The van der Waals surface area contributed by atoms with Crippen molar-refractivity contribution in [1.82, 2.24) is 4.57 Å². The predicted molar refractivity (Wildman–Crippen MR) is 71.3 cm³/mol. The zero-order valence-electron chi connectivity index (χ0n) is 9.27. The highest BCUT2D eigenvalue weighted by Gasteiger charge is 2.00. The van der Waals surface area contributed by atoms with Gasteiger partial charge in [-0.2, -0.15) is 0 Å². The van der Waals surface area contributed by atoms with Gasteiger partial charge in [0.15, 0.2) is 0 Å². The molecule has 0 fully saturated rings.